The zero-order valence-electron chi connectivity index (χ0n) is 16.7. The summed E-state index contributed by atoms with van der Waals surface area (Å²) in [4.78, 5) is 24.2. The first kappa shape index (κ1) is 20.1. The highest BCUT2D eigenvalue weighted by Crippen LogP contribution is 2.19. The van der Waals surface area contributed by atoms with Gasteiger partial charge in [-0.3, -0.25) is 4.79 Å². The molecule has 0 radical (unpaired) electrons. The normalized spacial score (nSPS) is 12.1. The van der Waals surface area contributed by atoms with Crippen LogP contribution in [0.25, 0.3) is 11.8 Å². The Kier molecular flexibility index (Phi) is 5.92. The Labute approximate surface area is 168 Å². The monoisotopic (exact) mass is 394 g/mol. The second kappa shape index (κ2) is 8.55. The molecule has 0 aliphatic carbocycles. The molecule has 1 N–H and O–H groups in total. The summed E-state index contributed by atoms with van der Waals surface area (Å²) in [6.07, 6.45) is 1.94. The van der Waals surface area contributed by atoms with Gasteiger partial charge in [0, 0.05) is 23.4 Å². The lowest BCUT2D eigenvalue weighted by Gasteiger charge is -2.10. The van der Waals surface area contributed by atoms with Crippen LogP contribution in [0.2, 0.25) is 0 Å². The summed E-state index contributed by atoms with van der Waals surface area (Å²) in [7, 11) is 0. The quantitative estimate of drug-likeness (QED) is 0.508. The van der Waals surface area contributed by atoms with Crippen molar-refractivity contribution in [2.45, 2.75) is 33.8 Å². The molecular weight excluding hydrogens is 372 g/mol. The molecule has 8 nitrogen and oxygen atoms in total. The third-order valence-corrected chi connectivity index (χ3v) is 4.28. The van der Waals surface area contributed by atoms with E-state index in [4.69, 9.17) is 9.26 Å². The molecule has 0 fully saturated rings. The van der Waals surface area contributed by atoms with Crippen LogP contribution in [0.3, 0.4) is 0 Å². The van der Waals surface area contributed by atoms with Crippen molar-refractivity contribution in [1.29, 1.82) is 0 Å². The Morgan fingerprint density at radius 3 is 2.59 bits per heavy atom. The average molecular weight is 394 g/mol. The van der Waals surface area contributed by atoms with Crippen molar-refractivity contribution in [3.05, 3.63) is 65.2 Å². The first-order chi connectivity index (χ1) is 13.8. The molecule has 2 heterocycles. The zero-order chi connectivity index (χ0) is 21.0. The van der Waals surface area contributed by atoms with Crippen LogP contribution in [0.4, 0.5) is 5.82 Å². The van der Waals surface area contributed by atoms with E-state index >= 15 is 0 Å². The van der Waals surface area contributed by atoms with E-state index < -0.39 is 18.0 Å². The van der Waals surface area contributed by atoms with Crippen LogP contribution < -0.4 is 5.32 Å². The number of esters is 1. The van der Waals surface area contributed by atoms with Crippen molar-refractivity contribution < 1.29 is 18.8 Å². The lowest BCUT2D eigenvalue weighted by atomic mass is 10.2. The minimum absolute atomic E-state index is 0.269. The van der Waals surface area contributed by atoms with E-state index in [1.54, 1.807) is 19.1 Å². The van der Waals surface area contributed by atoms with Crippen molar-refractivity contribution in [3.63, 3.8) is 0 Å². The lowest BCUT2D eigenvalue weighted by Crippen LogP contribution is -2.29. The van der Waals surface area contributed by atoms with Crippen LogP contribution in [-0.4, -0.2) is 32.9 Å². The van der Waals surface area contributed by atoms with Crippen molar-refractivity contribution in [3.8, 4) is 5.69 Å². The van der Waals surface area contributed by atoms with E-state index in [0.29, 0.717) is 5.76 Å². The summed E-state index contributed by atoms with van der Waals surface area (Å²) < 4.78 is 11.9. The number of aromatic nitrogens is 3. The summed E-state index contributed by atoms with van der Waals surface area (Å²) in [5, 5.41) is 10.7. The minimum atomic E-state index is -0.988. The molecule has 0 aliphatic rings. The van der Waals surface area contributed by atoms with Gasteiger partial charge in [0.1, 0.15) is 5.76 Å². The van der Waals surface area contributed by atoms with Gasteiger partial charge in [-0.1, -0.05) is 23.4 Å². The second-order valence-corrected chi connectivity index (χ2v) is 6.56. The summed E-state index contributed by atoms with van der Waals surface area (Å²) in [5.41, 5.74) is 3.43. The van der Waals surface area contributed by atoms with E-state index in [-0.39, 0.29) is 5.82 Å². The molecule has 3 aromatic rings. The van der Waals surface area contributed by atoms with Crippen LogP contribution in [0, 0.1) is 20.8 Å². The molecule has 8 heteroatoms. The Bertz CT molecular complexity index is 1050. The molecule has 0 saturated heterocycles. The maximum Gasteiger partial charge on any atom is 0.331 e. The smallest absolute Gasteiger partial charge is 0.331 e. The number of rotatable bonds is 6. The van der Waals surface area contributed by atoms with Crippen LogP contribution in [0.5, 0.6) is 0 Å². The van der Waals surface area contributed by atoms with Gasteiger partial charge in [0.25, 0.3) is 5.91 Å². The third-order valence-electron chi connectivity index (χ3n) is 4.28. The van der Waals surface area contributed by atoms with Crippen LogP contribution in [0.1, 0.15) is 29.6 Å². The average Bonchev–Trinajstić information content (AvgIpc) is 3.23. The summed E-state index contributed by atoms with van der Waals surface area (Å²) in [6.45, 7) is 6.99. The molecule has 1 atom stereocenters. The predicted molar refractivity (Wildman–Crippen MR) is 107 cm³/mol. The fourth-order valence-corrected chi connectivity index (χ4v) is 2.79. The Hall–Kier alpha value is -3.68. The fourth-order valence-electron chi connectivity index (χ4n) is 2.79. The number of hydrogen-bond acceptors (Lipinski definition) is 6. The van der Waals surface area contributed by atoms with E-state index in [0.717, 1.165) is 22.6 Å². The van der Waals surface area contributed by atoms with Crippen LogP contribution >= 0.6 is 0 Å². The molecule has 150 valence electrons. The number of aryl methyl sites for hydroxylation is 2. The number of ether oxygens (including phenoxy) is 1. The molecule has 29 heavy (non-hydrogen) atoms. The molecule has 0 spiro atoms. The van der Waals surface area contributed by atoms with Crippen molar-refractivity contribution in [1.82, 2.24) is 14.9 Å². The number of carbonyl (C=O) groups is 2. The summed E-state index contributed by atoms with van der Waals surface area (Å²) >= 11 is 0. The number of benzene rings is 1. The second-order valence-electron chi connectivity index (χ2n) is 6.56. The van der Waals surface area contributed by atoms with Gasteiger partial charge < -0.3 is 14.6 Å². The topological polar surface area (TPSA) is 99.2 Å². The van der Waals surface area contributed by atoms with Crippen molar-refractivity contribution in [2.24, 2.45) is 0 Å². The summed E-state index contributed by atoms with van der Waals surface area (Å²) in [5.74, 6) is -0.292. The zero-order valence-corrected chi connectivity index (χ0v) is 16.7. The Balaban J connectivity index is 1.64. The fraction of sp³-hybridized carbons (Fsp3) is 0.238. The third kappa shape index (κ3) is 4.78. The molecule has 2 aromatic heterocycles. The first-order valence-electron chi connectivity index (χ1n) is 9.09. The number of hydrogen-bond donors (Lipinski definition) is 1. The van der Waals surface area contributed by atoms with Gasteiger partial charge in [0.15, 0.2) is 11.9 Å². The minimum Gasteiger partial charge on any atom is -0.449 e. The highest BCUT2D eigenvalue weighted by atomic mass is 16.5. The van der Waals surface area contributed by atoms with Crippen LogP contribution in [0.15, 0.2) is 47.0 Å². The van der Waals surface area contributed by atoms with Gasteiger partial charge in [-0.05, 0) is 45.9 Å². The molecule has 3 rings (SSSR count). The van der Waals surface area contributed by atoms with Crippen LogP contribution in [-0.2, 0) is 14.3 Å². The highest BCUT2D eigenvalue weighted by molar-refractivity contribution is 5.96. The molecule has 1 amide bonds. The number of nitrogens with one attached hydrogen (secondary N) is 1. The van der Waals surface area contributed by atoms with E-state index in [1.807, 2.05) is 48.9 Å². The largest absolute Gasteiger partial charge is 0.449 e. The van der Waals surface area contributed by atoms with Gasteiger partial charge in [0.2, 0.25) is 0 Å². The number of anilines is 1. The maximum atomic E-state index is 12.1. The van der Waals surface area contributed by atoms with E-state index in [2.05, 4.69) is 15.6 Å². The van der Waals surface area contributed by atoms with Gasteiger partial charge in [0.05, 0.1) is 11.4 Å². The molecule has 0 unspecified atom stereocenters. The van der Waals surface area contributed by atoms with Gasteiger partial charge in [-0.2, -0.15) is 5.10 Å². The molecule has 0 bridgehead atoms. The number of carbonyl (C=O) groups excluding carboxylic acids is 2. The van der Waals surface area contributed by atoms with Crippen molar-refractivity contribution in [2.75, 3.05) is 5.32 Å². The maximum absolute atomic E-state index is 12.1. The standard InChI is InChI=1S/C21H22N4O4/c1-13-12-19(24-29-13)22-21(27)16(4)28-20(26)11-10-18-14(2)23-25(15(18)3)17-8-6-5-7-9-17/h5-12,16H,1-4H3,(H,22,24,27)/b11-10+/t16-/m0/s1. The van der Waals surface area contributed by atoms with Gasteiger partial charge in [-0.15, -0.1) is 0 Å². The first-order valence-corrected chi connectivity index (χ1v) is 9.09. The summed E-state index contributed by atoms with van der Waals surface area (Å²) in [6, 6.07) is 11.3. The van der Waals surface area contributed by atoms with Crippen molar-refractivity contribution >= 4 is 23.8 Å². The van der Waals surface area contributed by atoms with Gasteiger partial charge in [-0.25, -0.2) is 9.48 Å². The Morgan fingerprint density at radius 2 is 1.93 bits per heavy atom. The number of para-hydroxylation sites is 1. The van der Waals surface area contributed by atoms with E-state index in [9.17, 15) is 9.59 Å². The number of nitrogens with zero attached hydrogens (tertiary/aromatic N) is 3. The van der Waals surface area contributed by atoms with Gasteiger partial charge >= 0.3 is 5.97 Å². The predicted octanol–water partition coefficient (Wildman–Crippen LogP) is 3.37. The SMILES string of the molecule is Cc1cc(NC(=O)[C@H](C)OC(=O)/C=C/c2c(C)nn(-c3ccccc3)c2C)no1. The van der Waals surface area contributed by atoms with E-state index in [1.165, 1.54) is 13.0 Å². The molecule has 1 aromatic carbocycles. The molecule has 0 aliphatic heterocycles. The molecular formula is C21H22N4O4. The highest BCUT2D eigenvalue weighted by Gasteiger charge is 2.18. The lowest BCUT2D eigenvalue weighted by molar-refractivity contribution is -0.148. The Morgan fingerprint density at radius 1 is 1.21 bits per heavy atom. The number of amides is 1. The molecule has 0 saturated carbocycles.